The normalized spacial score (nSPS) is 18.4. The smallest absolute Gasteiger partial charge is 0.253 e. The van der Waals surface area contributed by atoms with Gasteiger partial charge in [-0.25, -0.2) is 0 Å². The van der Waals surface area contributed by atoms with Crippen molar-refractivity contribution in [1.82, 2.24) is 4.90 Å². The molecule has 0 aliphatic carbocycles. The number of hydrogen-bond acceptors (Lipinski definition) is 3. The van der Waals surface area contributed by atoms with Gasteiger partial charge in [0, 0.05) is 18.7 Å². The Morgan fingerprint density at radius 2 is 2.30 bits per heavy atom. The highest BCUT2D eigenvalue weighted by molar-refractivity contribution is 9.10. The highest BCUT2D eigenvalue weighted by atomic mass is 79.9. The van der Waals surface area contributed by atoms with Gasteiger partial charge in [-0.05, 0) is 59.4 Å². The van der Waals surface area contributed by atoms with Crippen LogP contribution in [0.4, 0.5) is 0 Å². The van der Waals surface area contributed by atoms with Gasteiger partial charge in [-0.2, -0.15) is 0 Å². The molecule has 1 aliphatic heterocycles. The number of methoxy groups -OCH3 is 1. The van der Waals surface area contributed by atoms with Crippen LogP contribution in [0.2, 0.25) is 0 Å². The van der Waals surface area contributed by atoms with Crippen molar-refractivity contribution in [2.45, 2.75) is 12.8 Å². The summed E-state index contributed by atoms with van der Waals surface area (Å²) in [5, 5.41) is 0. The molecule has 1 amide bonds. The number of nitrogens with zero attached hydrogens (tertiary/aromatic N) is 1. The largest absolute Gasteiger partial charge is 0.496 e. The molecular weight excluding hydrogens is 344 g/mol. The standard InChI is InChI=1S/C14H19BrN2O2.ClH/c1-19-13-5-4-11(7-12(13)15)14(18)17-6-2-3-10(8-16)9-17;/h4-5,7,10H,2-3,6,8-9,16H2,1H3;1H. The third-order valence-electron chi connectivity index (χ3n) is 3.54. The number of ether oxygens (including phenoxy) is 1. The molecule has 1 saturated heterocycles. The molecular formula is C14H20BrClN2O2. The Kier molecular flexibility index (Phi) is 6.79. The minimum absolute atomic E-state index is 0. The van der Waals surface area contributed by atoms with Gasteiger partial charge in [0.05, 0.1) is 11.6 Å². The number of piperidine rings is 1. The van der Waals surface area contributed by atoms with Crippen LogP contribution in [-0.4, -0.2) is 37.6 Å². The van der Waals surface area contributed by atoms with Gasteiger partial charge in [-0.1, -0.05) is 0 Å². The van der Waals surface area contributed by atoms with E-state index in [2.05, 4.69) is 15.9 Å². The zero-order chi connectivity index (χ0) is 13.8. The average Bonchev–Trinajstić information content (AvgIpc) is 2.46. The number of likely N-dealkylation sites (tertiary alicyclic amines) is 1. The SMILES string of the molecule is COc1ccc(C(=O)N2CCCC(CN)C2)cc1Br.Cl. The van der Waals surface area contributed by atoms with Gasteiger partial charge in [-0.3, -0.25) is 4.79 Å². The minimum atomic E-state index is 0. The van der Waals surface area contributed by atoms with Gasteiger partial charge < -0.3 is 15.4 Å². The summed E-state index contributed by atoms with van der Waals surface area (Å²) in [6.45, 7) is 2.23. The quantitative estimate of drug-likeness (QED) is 0.898. The molecule has 1 aliphatic rings. The van der Waals surface area contributed by atoms with E-state index in [4.69, 9.17) is 10.5 Å². The Balaban J connectivity index is 0.00000200. The van der Waals surface area contributed by atoms with Crippen molar-refractivity contribution in [3.05, 3.63) is 28.2 Å². The van der Waals surface area contributed by atoms with E-state index < -0.39 is 0 Å². The third kappa shape index (κ3) is 3.87. The van der Waals surface area contributed by atoms with Crippen LogP contribution in [0.3, 0.4) is 0 Å². The van der Waals surface area contributed by atoms with Crippen molar-refractivity contribution in [3.63, 3.8) is 0 Å². The summed E-state index contributed by atoms with van der Waals surface area (Å²) in [5.41, 5.74) is 6.39. The molecule has 20 heavy (non-hydrogen) atoms. The van der Waals surface area contributed by atoms with E-state index in [1.165, 1.54) is 0 Å². The molecule has 0 bridgehead atoms. The fourth-order valence-electron chi connectivity index (χ4n) is 2.42. The van der Waals surface area contributed by atoms with Crippen LogP contribution < -0.4 is 10.5 Å². The summed E-state index contributed by atoms with van der Waals surface area (Å²) >= 11 is 3.41. The maximum atomic E-state index is 12.4. The highest BCUT2D eigenvalue weighted by Crippen LogP contribution is 2.27. The number of amides is 1. The van der Waals surface area contributed by atoms with Crippen molar-refractivity contribution in [3.8, 4) is 5.75 Å². The van der Waals surface area contributed by atoms with Crippen molar-refractivity contribution < 1.29 is 9.53 Å². The van der Waals surface area contributed by atoms with E-state index in [0.29, 0.717) is 18.0 Å². The topological polar surface area (TPSA) is 55.6 Å². The van der Waals surface area contributed by atoms with Crippen LogP contribution in [0.5, 0.6) is 5.75 Å². The van der Waals surface area contributed by atoms with Gasteiger partial charge in [0.25, 0.3) is 5.91 Å². The molecule has 6 heteroatoms. The molecule has 112 valence electrons. The number of benzene rings is 1. The van der Waals surface area contributed by atoms with E-state index in [1.54, 1.807) is 13.2 Å². The zero-order valence-corrected chi connectivity index (χ0v) is 13.9. The molecule has 2 N–H and O–H groups in total. The monoisotopic (exact) mass is 362 g/mol. The summed E-state index contributed by atoms with van der Waals surface area (Å²) in [5.74, 6) is 1.23. The molecule has 4 nitrogen and oxygen atoms in total. The van der Waals surface area contributed by atoms with Gasteiger partial charge >= 0.3 is 0 Å². The van der Waals surface area contributed by atoms with Gasteiger partial charge in [0.2, 0.25) is 0 Å². The summed E-state index contributed by atoms with van der Waals surface area (Å²) < 4.78 is 5.97. The molecule has 1 fully saturated rings. The molecule has 0 spiro atoms. The Morgan fingerprint density at radius 3 is 2.90 bits per heavy atom. The van der Waals surface area contributed by atoms with E-state index in [9.17, 15) is 4.79 Å². The fourth-order valence-corrected chi connectivity index (χ4v) is 2.96. The van der Waals surface area contributed by atoms with Crippen LogP contribution in [0, 0.1) is 5.92 Å². The molecule has 1 aromatic carbocycles. The maximum Gasteiger partial charge on any atom is 0.253 e. The first kappa shape index (κ1) is 17.3. The number of carbonyl (C=O) groups is 1. The first-order valence-corrected chi connectivity index (χ1v) is 7.28. The van der Waals surface area contributed by atoms with E-state index in [-0.39, 0.29) is 18.3 Å². The zero-order valence-electron chi connectivity index (χ0n) is 11.5. The van der Waals surface area contributed by atoms with Crippen molar-refractivity contribution in [2.24, 2.45) is 11.7 Å². The molecule has 0 radical (unpaired) electrons. The summed E-state index contributed by atoms with van der Waals surface area (Å²) in [4.78, 5) is 14.3. The minimum Gasteiger partial charge on any atom is -0.496 e. The Hall–Kier alpha value is -0.780. The first-order chi connectivity index (χ1) is 9.15. The highest BCUT2D eigenvalue weighted by Gasteiger charge is 2.23. The molecule has 1 unspecified atom stereocenters. The van der Waals surface area contributed by atoms with Crippen LogP contribution in [0.15, 0.2) is 22.7 Å². The van der Waals surface area contributed by atoms with Crippen molar-refractivity contribution in [1.29, 1.82) is 0 Å². The predicted molar refractivity (Wildman–Crippen MR) is 85.6 cm³/mol. The van der Waals surface area contributed by atoms with Gasteiger partial charge in [-0.15, -0.1) is 12.4 Å². The van der Waals surface area contributed by atoms with E-state index in [1.807, 2.05) is 17.0 Å². The molecule has 0 aromatic heterocycles. The Morgan fingerprint density at radius 1 is 1.55 bits per heavy atom. The fraction of sp³-hybridized carbons (Fsp3) is 0.500. The van der Waals surface area contributed by atoms with Crippen LogP contribution in [0.1, 0.15) is 23.2 Å². The summed E-state index contributed by atoms with van der Waals surface area (Å²) in [7, 11) is 1.61. The predicted octanol–water partition coefficient (Wildman–Crippen LogP) is 2.69. The third-order valence-corrected chi connectivity index (χ3v) is 4.16. The van der Waals surface area contributed by atoms with Crippen LogP contribution >= 0.6 is 28.3 Å². The van der Waals surface area contributed by atoms with Crippen molar-refractivity contribution in [2.75, 3.05) is 26.7 Å². The van der Waals surface area contributed by atoms with Crippen LogP contribution in [0.25, 0.3) is 0 Å². The lowest BCUT2D eigenvalue weighted by atomic mass is 9.97. The summed E-state index contributed by atoms with van der Waals surface area (Å²) in [6, 6.07) is 5.42. The maximum absolute atomic E-state index is 12.4. The van der Waals surface area contributed by atoms with Crippen molar-refractivity contribution >= 4 is 34.2 Å². The second-order valence-corrected chi connectivity index (χ2v) is 5.70. The number of halogens is 2. The Labute approximate surface area is 134 Å². The number of rotatable bonds is 3. The summed E-state index contributed by atoms with van der Waals surface area (Å²) in [6.07, 6.45) is 2.15. The molecule has 2 rings (SSSR count). The number of carbonyl (C=O) groups excluding carboxylic acids is 1. The molecule has 1 aromatic rings. The molecule has 0 saturated carbocycles. The van der Waals surface area contributed by atoms with Gasteiger partial charge in [0.15, 0.2) is 0 Å². The van der Waals surface area contributed by atoms with E-state index >= 15 is 0 Å². The molecule has 1 heterocycles. The van der Waals surface area contributed by atoms with Gasteiger partial charge in [0.1, 0.15) is 5.75 Å². The van der Waals surface area contributed by atoms with Crippen LogP contribution in [-0.2, 0) is 0 Å². The lowest BCUT2D eigenvalue weighted by Crippen LogP contribution is -2.42. The lowest BCUT2D eigenvalue weighted by molar-refractivity contribution is 0.0678. The second kappa shape index (κ2) is 7.86. The van der Waals surface area contributed by atoms with E-state index in [0.717, 1.165) is 36.2 Å². The average molecular weight is 364 g/mol. The molecule has 1 atom stereocenters. The number of nitrogens with two attached hydrogens (primary N) is 1. The first-order valence-electron chi connectivity index (χ1n) is 6.48. The number of hydrogen-bond donors (Lipinski definition) is 1. The Bertz CT molecular complexity index is 470. The lowest BCUT2D eigenvalue weighted by Gasteiger charge is -2.32. The second-order valence-electron chi connectivity index (χ2n) is 4.84.